The first-order valence-corrected chi connectivity index (χ1v) is 7.76. The van der Waals surface area contributed by atoms with Crippen LogP contribution in [0.3, 0.4) is 0 Å². The summed E-state index contributed by atoms with van der Waals surface area (Å²) in [6.45, 7) is 1.63. The summed E-state index contributed by atoms with van der Waals surface area (Å²) in [6, 6.07) is 0. The van der Waals surface area contributed by atoms with Crippen molar-refractivity contribution in [2.75, 3.05) is 13.1 Å². The zero-order valence-corrected chi connectivity index (χ0v) is 11.5. The largest absolute Gasteiger partial charge is 0.356 e. The highest BCUT2D eigenvalue weighted by molar-refractivity contribution is 5.75. The Labute approximate surface area is 111 Å². The van der Waals surface area contributed by atoms with Crippen molar-refractivity contribution in [1.29, 1.82) is 0 Å². The minimum atomic E-state index is 0.254. The second-order valence-corrected chi connectivity index (χ2v) is 6.18. The molecule has 0 aromatic rings. The topological polar surface area (TPSA) is 55.1 Å². The Morgan fingerprint density at radius 1 is 1.06 bits per heavy atom. The third-order valence-electron chi connectivity index (χ3n) is 4.94. The maximum absolute atomic E-state index is 11.8. The van der Waals surface area contributed by atoms with Crippen LogP contribution in [0.4, 0.5) is 0 Å². The number of carbonyl (C=O) groups is 1. The van der Waals surface area contributed by atoms with Crippen LogP contribution >= 0.6 is 0 Å². The molecule has 2 aliphatic carbocycles. The fraction of sp³-hybridized carbons (Fsp3) is 0.933. The molecule has 0 saturated heterocycles. The van der Waals surface area contributed by atoms with Crippen LogP contribution < -0.4 is 11.1 Å². The van der Waals surface area contributed by atoms with Gasteiger partial charge in [0.2, 0.25) is 5.91 Å². The molecular weight excluding hydrogens is 224 g/mol. The molecule has 0 spiro atoms. The minimum Gasteiger partial charge on any atom is -0.356 e. The number of nitrogens with one attached hydrogen (secondary N) is 1. The summed E-state index contributed by atoms with van der Waals surface area (Å²) in [4.78, 5) is 11.8. The molecule has 3 N–H and O–H groups in total. The molecule has 104 valence electrons. The third kappa shape index (κ3) is 3.98. The van der Waals surface area contributed by atoms with Crippen molar-refractivity contribution in [3.63, 3.8) is 0 Å². The molecule has 18 heavy (non-hydrogen) atoms. The molecule has 2 fully saturated rings. The summed E-state index contributed by atoms with van der Waals surface area (Å²) in [5, 5.41) is 3.12. The summed E-state index contributed by atoms with van der Waals surface area (Å²) in [6.07, 6.45) is 11.0. The molecule has 2 rings (SSSR count). The Balaban J connectivity index is 1.59. The molecule has 1 amide bonds. The maximum Gasteiger partial charge on any atom is 0.220 e. The molecule has 0 aromatic carbocycles. The van der Waals surface area contributed by atoms with Gasteiger partial charge in [0.25, 0.3) is 0 Å². The molecule has 3 heteroatoms. The Hall–Kier alpha value is -0.570. The van der Waals surface area contributed by atoms with E-state index in [4.69, 9.17) is 5.73 Å². The minimum absolute atomic E-state index is 0.254. The highest BCUT2D eigenvalue weighted by Gasteiger charge is 2.26. The van der Waals surface area contributed by atoms with E-state index >= 15 is 0 Å². The van der Waals surface area contributed by atoms with E-state index < -0.39 is 0 Å². The van der Waals surface area contributed by atoms with Crippen molar-refractivity contribution in [2.45, 2.75) is 57.8 Å². The van der Waals surface area contributed by atoms with Crippen LogP contribution in [0.25, 0.3) is 0 Å². The van der Waals surface area contributed by atoms with Gasteiger partial charge in [0.05, 0.1) is 0 Å². The van der Waals surface area contributed by atoms with Crippen LogP contribution in [0.5, 0.6) is 0 Å². The van der Waals surface area contributed by atoms with Crippen LogP contribution in [0.1, 0.15) is 57.8 Å². The molecule has 3 nitrogen and oxygen atoms in total. The first-order chi connectivity index (χ1) is 8.79. The van der Waals surface area contributed by atoms with E-state index in [9.17, 15) is 4.79 Å². The molecule has 2 aliphatic rings. The summed E-state index contributed by atoms with van der Waals surface area (Å²) in [5.74, 6) is 2.34. The number of carbonyl (C=O) groups excluding carboxylic acids is 1. The van der Waals surface area contributed by atoms with Gasteiger partial charge in [0.15, 0.2) is 0 Å². The highest BCUT2D eigenvalue weighted by atomic mass is 16.1. The average molecular weight is 252 g/mol. The van der Waals surface area contributed by atoms with Crippen LogP contribution in [0.15, 0.2) is 0 Å². The SMILES string of the molecule is NCC1CCCC1CNC(=O)CCC1CCCC1. The molecular formula is C15H28N2O. The number of hydrogen-bond donors (Lipinski definition) is 2. The monoisotopic (exact) mass is 252 g/mol. The maximum atomic E-state index is 11.8. The Kier molecular flexibility index (Phi) is 5.48. The van der Waals surface area contributed by atoms with Gasteiger partial charge in [0, 0.05) is 13.0 Å². The summed E-state index contributed by atoms with van der Waals surface area (Å²) in [5.41, 5.74) is 5.76. The Morgan fingerprint density at radius 3 is 2.50 bits per heavy atom. The van der Waals surface area contributed by atoms with Crippen LogP contribution in [0, 0.1) is 17.8 Å². The first kappa shape index (κ1) is 13.9. The Bertz CT molecular complexity index is 261. The molecule has 2 unspecified atom stereocenters. The van der Waals surface area contributed by atoms with E-state index in [2.05, 4.69) is 5.32 Å². The van der Waals surface area contributed by atoms with Crippen LogP contribution in [-0.2, 0) is 4.79 Å². The number of rotatable bonds is 6. The molecule has 2 saturated carbocycles. The first-order valence-electron chi connectivity index (χ1n) is 7.76. The number of amides is 1. The van der Waals surface area contributed by atoms with Gasteiger partial charge in [-0.05, 0) is 43.6 Å². The lowest BCUT2D eigenvalue weighted by Crippen LogP contribution is -2.32. The normalized spacial score (nSPS) is 28.7. The van der Waals surface area contributed by atoms with Crippen molar-refractivity contribution in [2.24, 2.45) is 23.5 Å². The summed E-state index contributed by atoms with van der Waals surface area (Å²) in [7, 11) is 0. The zero-order chi connectivity index (χ0) is 12.8. The lowest BCUT2D eigenvalue weighted by Gasteiger charge is -2.18. The van der Waals surface area contributed by atoms with Crippen molar-refractivity contribution < 1.29 is 4.79 Å². The van der Waals surface area contributed by atoms with Crippen molar-refractivity contribution in [1.82, 2.24) is 5.32 Å². The standard InChI is InChI=1S/C15H28N2O/c16-10-13-6-3-7-14(13)11-17-15(18)9-8-12-4-1-2-5-12/h12-14H,1-11,16H2,(H,17,18). The molecule has 0 aromatic heterocycles. The molecule has 2 atom stereocenters. The van der Waals surface area contributed by atoms with Gasteiger partial charge in [-0.25, -0.2) is 0 Å². The fourth-order valence-electron chi connectivity index (χ4n) is 3.66. The molecule has 0 aliphatic heterocycles. The Morgan fingerprint density at radius 2 is 1.78 bits per heavy atom. The van der Waals surface area contributed by atoms with Crippen molar-refractivity contribution >= 4 is 5.91 Å². The van der Waals surface area contributed by atoms with Crippen LogP contribution in [-0.4, -0.2) is 19.0 Å². The third-order valence-corrected chi connectivity index (χ3v) is 4.94. The second kappa shape index (κ2) is 7.13. The molecule has 0 bridgehead atoms. The average Bonchev–Trinajstić information content (AvgIpc) is 3.04. The van der Waals surface area contributed by atoms with E-state index in [1.807, 2.05) is 0 Å². The van der Waals surface area contributed by atoms with Gasteiger partial charge in [-0.2, -0.15) is 0 Å². The predicted octanol–water partition coefficient (Wildman–Crippen LogP) is 2.45. The van der Waals surface area contributed by atoms with E-state index in [1.165, 1.54) is 44.9 Å². The van der Waals surface area contributed by atoms with E-state index in [0.717, 1.165) is 31.8 Å². The predicted molar refractivity (Wildman–Crippen MR) is 74.1 cm³/mol. The van der Waals surface area contributed by atoms with E-state index in [-0.39, 0.29) is 5.91 Å². The highest BCUT2D eigenvalue weighted by Crippen LogP contribution is 2.30. The van der Waals surface area contributed by atoms with Gasteiger partial charge < -0.3 is 11.1 Å². The van der Waals surface area contributed by atoms with E-state index in [0.29, 0.717) is 11.8 Å². The van der Waals surface area contributed by atoms with Crippen LogP contribution in [0.2, 0.25) is 0 Å². The molecule has 0 heterocycles. The fourth-order valence-corrected chi connectivity index (χ4v) is 3.66. The van der Waals surface area contributed by atoms with Crippen molar-refractivity contribution in [3.8, 4) is 0 Å². The smallest absolute Gasteiger partial charge is 0.220 e. The summed E-state index contributed by atoms with van der Waals surface area (Å²) >= 11 is 0. The molecule has 0 radical (unpaired) electrons. The number of hydrogen-bond acceptors (Lipinski definition) is 2. The lowest BCUT2D eigenvalue weighted by atomic mass is 9.96. The van der Waals surface area contributed by atoms with Crippen molar-refractivity contribution in [3.05, 3.63) is 0 Å². The van der Waals surface area contributed by atoms with Gasteiger partial charge in [-0.1, -0.05) is 32.1 Å². The lowest BCUT2D eigenvalue weighted by molar-refractivity contribution is -0.121. The second-order valence-electron chi connectivity index (χ2n) is 6.18. The van der Waals surface area contributed by atoms with Gasteiger partial charge in [0.1, 0.15) is 0 Å². The van der Waals surface area contributed by atoms with Gasteiger partial charge >= 0.3 is 0 Å². The quantitative estimate of drug-likeness (QED) is 0.763. The zero-order valence-electron chi connectivity index (χ0n) is 11.5. The van der Waals surface area contributed by atoms with Gasteiger partial charge in [-0.3, -0.25) is 4.79 Å². The van der Waals surface area contributed by atoms with E-state index in [1.54, 1.807) is 0 Å². The summed E-state index contributed by atoms with van der Waals surface area (Å²) < 4.78 is 0. The van der Waals surface area contributed by atoms with Gasteiger partial charge in [-0.15, -0.1) is 0 Å². The number of nitrogens with two attached hydrogens (primary N) is 1.